The van der Waals surface area contributed by atoms with Gasteiger partial charge in [-0.2, -0.15) is 0 Å². The molecule has 17 nitrogen and oxygen atoms in total. The van der Waals surface area contributed by atoms with E-state index in [0.29, 0.717) is 25.7 Å². The molecule has 0 aliphatic rings. The van der Waals surface area contributed by atoms with Crippen molar-refractivity contribution in [1.29, 1.82) is 0 Å². The fourth-order valence-corrected chi connectivity index (χ4v) is 11.4. The molecular weight excluding hydrogens is 1110 g/mol. The van der Waals surface area contributed by atoms with Gasteiger partial charge in [-0.3, -0.25) is 37.3 Å². The molecule has 0 rings (SSSR count). The van der Waals surface area contributed by atoms with Gasteiger partial charge in [0, 0.05) is 25.7 Å². The first-order valence-corrected chi connectivity index (χ1v) is 37.3. The predicted molar refractivity (Wildman–Crippen MR) is 335 cm³/mol. The molecule has 0 bridgehead atoms. The van der Waals surface area contributed by atoms with Gasteiger partial charge in [-0.1, -0.05) is 285 Å². The zero-order valence-corrected chi connectivity index (χ0v) is 55.7. The highest BCUT2D eigenvalue weighted by Crippen LogP contribution is 2.45. The Kier molecular flexibility index (Phi) is 58.6. The number of rotatable bonds is 66. The zero-order chi connectivity index (χ0) is 61.9. The average Bonchev–Trinajstić information content (AvgIpc) is 3.60. The molecule has 0 aliphatic carbocycles. The number of carbonyl (C=O) groups is 4. The summed E-state index contributed by atoms with van der Waals surface area (Å²) in [6.07, 6.45) is 46.3. The molecular formula is C65H126O17P2. The SMILES string of the molecule is CCCCCCCCCCCCCCCCCCCCCCC(=O)O[C@H](COC(=O)CCCCCCCCCCCC)COP(=O)(O)OC[C@@H](O)COP(=O)(O)OC[C@@H](COC(=O)CCCCCCC)OC(=O)CCCCCCCCCCC. The van der Waals surface area contributed by atoms with Gasteiger partial charge < -0.3 is 33.8 Å². The third kappa shape index (κ3) is 59.0. The quantitative estimate of drug-likeness (QED) is 0.0222. The highest BCUT2D eigenvalue weighted by molar-refractivity contribution is 7.47. The number of unbranched alkanes of at least 4 members (excludes halogenated alkanes) is 40. The van der Waals surface area contributed by atoms with Gasteiger partial charge in [-0.05, 0) is 25.7 Å². The van der Waals surface area contributed by atoms with Crippen LogP contribution in [0.1, 0.15) is 336 Å². The number of ether oxygens (including phenoxy) is 4. The van der Waals surface area contributed by atoms with Gasteiger partial charge in [0.15, 0.2) is 12.2 Å². The number of hydrogen-bond donors (Lipinski definition) is 3. The van der Waals surface area contributed by atoms with Gasteiger partial charge in [-0.25, -0.2) is 9.13 Å². The highest BCUT2D eigenvalue weighted by atomic mass is 31.2. The maximum Gasteiger partial charge on any atom is 0.472 e. The Morgan fingerprint density at radius 2 is 0.476 bits per heavy atom. The molecule has 498 valence electrons. The monoisotopic (exact) mass is 1240 g/mol. The van der Waals surface area contributed by atoms with Crippen molar-refractivity contribution in [3.63, 3.8) is 0 Å². The van der Waals surface area contributed by atoms with Gasteiger partial charge in [0.25, 0.3) is 0 Å². The summed E-state index contributed by atoms with van der Waals surface area (Å²) < 4.78 is 67.8. The van der Waals surface area contributed by atoms with Gasteiger partial charge in [0.2, 0.25) is 0 Å². The second-order valence-corrected chi connectivity index (χ2v) is 26.4. The van der Waals surface area contributed by atoms with Crippen molar-refractivity contribution in [1.82, 2.24) is 0 Å². The first kappa shape index (κ1) is 82.1. The molecule has 5 atom stereocenters. The van der Waals surface area contributed by atoms with Crippen LogP contribution in [0.25, 0.3) is 0 Å². The minimum Gasteiger partial charge on any atom is -0.462 e. The molecule has 3 N–H and O–H groups in total. The Morgan fingerprint density at radius 1 is 0.286 bits per heavy atom. The average molecular weight is 1240 g/mol. The fraction of sp³-hybridized carbons (Fsp3) is 0.938. The molecule has 19 heteroatoms. The van der Waals surface area contributed by atoms with E-state index in [1.807, 2.05) is 0 Å². The van der Waals surface area contributed by atoms with Crippen LogP contribution in [0.15, 0.2) is 0 Å². The Balaban J connectivity index is 5.08. The topological polar surface area (TPSA) is 237 Å². The second kappa shape index (κ2) is 60.0. The van der Waals surface area contributed by atoms with Crippen molar-refractivity contribution < 1.29 is 80.2 Å². The Morgan fingerprint density at radius 3 is 0.702 bits per heavy atom. The lowest BCUT2D eigenvalue weighted by Gasteiger charge is -2.21. The standard InChI is InChI=1S/C65H126O17P2/c1-5-9-13-17-20-23-25-26-27-28-29-30-31-32-33-34-37-40-44-48-52-65(70)82-61(56-76-63(68)50-46-42-38-36-24-21-18-14-10-6-2)58-80-84(73,74)78-54-59(66)53-77-83(71,72)79-57-60(55-75-62(67)49-45-41-16-12-8-4)81-64(69)51-47-43-39-35-22-19-15-11-7-3/h59-61,66H,5-58H2,1-4H3,(H,71,72)(H,73,74)/t59-,60+,61+/m0/s1. The van der Waals surface area contributed by atoms with E-state index in [4.69, 9.17) is 37.0 Å². The molecule has 0 heterocycles. The van der Waals surface area contributed by atoms with E-state index in [9.17, 15) is 43.2 Å². The summed E-state index contributed by atoms with van der Waals surface area (Å²) in [6, 6.07) is 0. The van der Waals surface area contributed by atoms with E-state index in [-0.39, 0.29) is 25.7 Å². The van der Waals surface area contributed by atoms with Crippen LogP contribution in [-0.2, 0) is 65.4 Å². The Labute approximate surface area is 511 Å². The van der Waals surface area contributed by atoms with Crippen molar-refractivity contribution in [3.8, 4) is 0 Å². The molecule has 0 amide bonds. The van der Waals surface area contributed by atoms with Gasteiger partial charge >= 0.3 is 39.5 Å². The lowest BCUT2D eigenvalue weighted by Crippen LogP contribution is -2.30. The molecule has 0 spiro atoms. The first-order valence-electron chi connectivity index (χ1n) is 34.3. The second-order valence-electron chi connectivity index (χ2n) is 23.5. The number of aliphatic hydroxyl groups is 1. The minimum absolute atomic E-state index is 0.105. The summed E-state index contributed by atoms with van der Waals surface area (Å²) in [5, 5.41) is 10.5. The summed E-state index contributed by atoms with van der Waals surface area (Å²) in [4.78, 5) is 71.9. The lowest BCUT2D eigenvalue weighted by atomic mass is 10.0. The van der Waals surface area contributed by atoms with Crippen LogP contribution in [0, 0.1) is 0 Å². The van der Waals surface area contributed by atoms with E-state index < -0.39 is 97.5 Å². The van der Waals surface area contributed by atoms with Gasteiger partial charge in [0.1, 0.15) is 19.3 Å². The molecule has 0 saturated carbocycles. The normalized spacial score (nSPS) is 14.1. The summed E-state index contributed by atoms with van der Waals surface area (Å²) >= 11 is 0. The van der Waals surface area contributed by atoms with E-state index in [0.717, 1.165) is 96.3 Å². The summed E-state index contributed by atoms with van der Waals surface area (Å²) in [7, 11) is -9.87. The van der Waals surface area contributed by atoms with Crippen molar-refractivity contribution >= 4 is 39.5 Å². The minimum atomic E-state index is -4.94. The van der Waals surface area contributed by atoms with E-state index >= 15 is 0 Å². The smallest absolute Gasteiger partial charge is 0.462 e. The number of hydrogen-bond acceptors (Lipinski definition) is 15. The fourth-order valence-electron chi connectivity index (χ4n) is 9.81. The van der Waals surface area contributed by atoms with Crippen molar-refractivity contribution in [2.75, 3.05) is 39.6 Å². The van der Waals surface area contributed by atoms with Crippen LogP contribution in [0.4, 0.5) is 0 Å². The maximum absolute atomic E-state index is 13.0. The third-order valence-corrected chi connectivity index (χ3v) is 17.0. The van der Waals surface area contributed by atoms with E-state index in [2.05, 4.69) is 27.7 Å². The summed E-state index contributed by atoms with van der Waals surface area (Å²) in [6.45, 7) is 4.79. The van der Waals surface area contributed by atoms with Gasteiger partial charge in [0.05, 0.1) is 26.4 Å². The molecule has 0 saturated heterocycles. The Bertz CT molecular complexity index is 1620. The van der Waals surface area contributed by atoms with Crippen LogP contribution >= 0.6 is 15.6 Å². The number of esters is 4. The van der Waals surface area contributed by atoms with E-state index in [1.54, 1.807) is 0 Å². The first-order chi connectivity index (χ1) is 40.7. The number of aliphatic hydroxyl groups excluding tert-OH is 1. The molecule has 2 unspecified atom stereocenters. The molecule has 0 aromatic rings. The predicted octanol–water partition coefficient (Wildman–Crippen LogP) is 18.3. The van der Waals surface area contributed by atoms with Crippen LogP contribution in [0.3, 0.4) is 0 Å². The third-order valence-electron chi connectivity index (χ3n) is 15.1. The van der Waals surface area contributed by atoms with Crippen molar-refractivity contribution in [2.45, 2.75) is 354 Å². The summed E-state index contributed by atoms with van der Waals surface area (Å²) in [5.74, 6) is -2.14. The molecule has 0 aromatic heterocycles. The molecule has 0 aromatic carbocycles. The summed E-state index contributed by atoms with van der Waals surface area (Å²) in [5.41, 5.74) is 0. The highest BCUT2D eigenvalue weighted by Gasteiger charge is 2.30. The number of phosphoric ester groups is 2. The number of phosphoric acid groups is 2. The number of carbonyl (C=O) groups excluding carboxylic acids is 4. The van der Waals surface area contributed by atoms with Crippen LogP contribution in [0.2, 0.25) is 0 Å². The van der Waals surface area contributed by atoms with Crippen molar-refractivity contribution in [2.24, 2.45) is 0 Å². The van der Waals surface area contributed by atoms with E-state index in [1.165, 1.54) is 161 Å². The zero-order valence-electron chi connectivity index (χ0n) is 53.9. The molecule has 0 fully saturated rings. The van der Waals surface area contributed by atoms with Crippen LogP contribution in [0.5, 0.6) is 0 Å². The molecule has 0 radical (unpaired) electrons. The van der Waals surface area contributed by atoms with Crippen LogP contribution in [-0.4, -0.2) is 96.7 Å². The molecule has 0 aliphatic heterocycles. The lowest BCUT2D eigenvalue weighted by molar-refractivity contribution is -0.161. The van der Waals surface area contributed by atoms with Crippen LogP contribution < -0.4 is 0 Å². The maximum atomic E-state index is 13.0. The molecule has 84 heavy (non-hydrogen) atoms. The van der Waals surface area contributed by atoms with Crippen molar-refractivity contribution in [3.05, 3.63) is 0 Å². The Hall–Kier alpha value is -1.94. The largest absolute Gasteiger partial charge is 0.472 e. The van der Waals surface area contributed by atoms with Gasteiger partial charge in [-0.15, -0.1) is 0 Å².